The lowest BCUT2D eigenvalue weighted by Crippen LogP contribution is -2.48. The van der Waals surface area contributed by atoms with E-state index in [2.05, 4.69) is 10.6 Å². The highest BCUT2D eigenvalue weighted by Crippen LogP contribution is 2.37. The van der Waals surface area contributed by atoms with Crippen molar-refractivity contribution >= 4 is 23.5 Å². The van der Waals surface area contributed by atoms with Gasteiger partial charge in [-0.2, -0.15) is 0 Å². The molecule has 0 saturated heterocycles. The summed E-state index contributed by atoms with van der Waals surface area (Å²) in [5.41, 5.74) is 7.11. The van der Waals surface area contributed by atoms with Gasteiger partial charge >= 0.3 is 6.03 Å². The van der Waals surface area contributed by atoms with Crippen LogP contribution in [0.5, 0.6) is 0 Å². The first-order valence-corrected chi connectivity index (χ1v) is 7.10. The maximum atomic E-state index is 11.9. The molecule has 1 aliphatic rings. The molecule has 2 rings (SSSR count). The number of nitrogens with one attached hydrogen (secondary N) is 2. The minimum absolute atomic E-state index is 0.0388. The Hall–Kier alpha value is -2.57. The third-order valence-corrected chi connectivity index (χ3v) is 3.87. The van der Waals surface area contributed by atoms with Gasteiger partial charge in [0.25, 0.3) is 0 Å². The highest BCUT2D eigenvalue weighted by molar-refractivity contribution is 5.96. The van der Waals surface area contributed by atoms with Gasteiger partial charge in [0.1, 0.15) is 0 Å². The summed E-state index contributed by atoms with van der Waals surface area (Å²) in [6, 6.07) is 6.81. The molecule has 7 heteroatoms. The van der Waals surface area contributed by atoms with E-state index in [0.29, 0.717) is 6.42 Å². The van der Waals surface area contributed by atoms with Gasteiger partial charge in [0.15, 0.2) is 0 Å². The van der Waals surface area contributed by atoms with Crippen LogP contribution in [0.3, 0.4) is 0 Å². The van der Waals surface area contributed by atoms with Gasteiger partial charge in [0.2, 0.25) is 11.8 Å². The first-order chi connectivity index (χ1) is 10.4. The quantitative estimate of drug-likeness (QED) is 0.747. The van der Waals surface area contributed by atoms with E-state index in [-0.39, 0.29) is 24.4 Å². The summed E-state index contributed by atoms with van der Waals surface area (Å²) in [6.45, 7) is 1.97. The number of nitrogens with two attached hydrogens (primary N) is 1. The predicted molar refractivity (Wildman–Crippen MR) is 82.4 cm³/mol. The van der Waals surface area contributed by atoms with Crippen molar-refractivity contribution in [2.24, 2.45) is 5.73 Å². The van der Waals surface area contributed by atoms with E-state index in [9.17, 15) is 14.4 Å². The van der Waals surface area contributed by atoms with Crippen LogP contribution in [-0.4, -0.2) is 37.5 Å². The molecule has 1 aromatic rings. The van der Waals surface area contributed by atoms with Crippen LogP contribution in [0, 0.1) is 0 Å². The second kappa shape index (κ2) is 6.46. The number of hydrogen-bond acceptors (Lipinski definition) is 4. The van der Waals surface area contributed by atoms with Crippen LogP contribution >= 0.6 is 0 Å². The molecule has 0 aliphatic carbocycles. The SMILES string of the molecule is CNC(=O)NC(=O)CN1c2ccccc2C(C(N)=O)CC1C. The highest BCUT2D eigenvalue weighted by atomic mass is 16.2. The summed E-state index contributed by atoms with van der Waals surface area (Å²) in [5, 5.41) is 4.57. The molecule has 118 valence electrons. The number of primary amides is 1. The Kier molecular flexibility index (Phi) is 4.65. The number of rotatable bonds is 3. The number of hydrogen-bond donors (Lipinski definition) is 3. The highest BCUT2D eigenvalue weighted by Gasteiger charge is 2.33. The largest absolute Gasteiger partial charge is 0.369 e. The Morgan fingerprint density at radius 3 is 2.64 bits per heavy atom. The number of amides is 4. The lowest BCUT2D eigenvalue weighted by Gasteiger charge is -2.39. The van der Waals surface area contributed by atoms with Crippen molar-refractivity contribution in [3.63, 3.8) is 0 Å². The van der Waals surface area contributed by atoms with Crippen LogP contribution in [0.15, 0.2) is 24.3 Å². The lowest BCUT2D eigenvalue weighted by atomic mass is 9.85. The zero-order valence-electron chi connectivity index (χ0n) is 12.6. The molecule has 1 aliphatic heterocycles. The second-order valence-electron chi connectivity index (χ2n) is 5.35. The first-order valence-electron chi connectivity index (χ1n) is 7.10. The van der Waals surface area contributed by atoms with E-state index >= 15 is 0 Å². The van der Waals surface area contributed by atoms with Crippen LogP contribution in [0.2, 0.25) is 0 Å². The average Bonchev–Trinajstić information content (AvgIpc) is 2.49. The molecule has 0 radical (unpaired) electrons. The summed E-state index contributed by atoms with van der Waals surface area (Å²) in [6.07, 6.45) is 0.541. The van der Waals surface area contributed by atoms with Gasteiger partial charge in [-0.05, 0) is 25.0 Å². The van der Waals surface area contributed by atoms with Gasteiger partial charge in [0, 0.05) is 18.8 Å². The molecule has 0 spiro atoms. The maximum Gasteiger partial charge on any atom is 0.321 e. The minimum Gasteiger partial charge on any atom is -0.369 e. The molecular weight excluding hydrogens is 284 g/mol. The van der Waals surface area contributed by atoms with E-state index in [4.69, 9.17) is 5.73 Å². The van der Waals surface area contributed by atoms with Crippen LogP contribution in [0.4, 0.5) is 10.5 Å². The van der Waals surface area contributed by atoms with Gasteiger partial charge in [-0.1, -0.05) is 18.2 Å². The predicted octanol–water partition coefficient (Wildman–Crippen LogP) is 0.310. The molecule has 0 bridgehead atoms. The number of para-hydroxylation sites is 1. The molecular formula is C15H20N4O3. The molecule has 7 nitrogen and oxygen atoms in total. The monoisotopic (exact) mass is 304 g/mol. The Labute approximate surface area is 128 Å². The molecule has 22 heavy (non-hydrogen) atoms. The Morgan fingerprint density at radius 1 is 1.32 bits per heavy atom. The van der Waals surface area contributed by atoms with Gasteiger partial charge in [0.05, 0.1) is 12.5 Å². The third-order valence-electron chi connectivity index (χ3n) is 3.87. The normalized spacial score (nSPS) is 20.0. The van der Waals surface area contributed by atoms with Gasteiger partial charge in [-0.3, -0.25) is 14.9 Å². The molecule has 2 unspecified atom stereocenters. The van der Waals surface area contributed by atoms with E-state index < -0.39 is 11.9 Å². The summed E-state index contributed by atoms with van der Waals surface area (Å²) in [7, 11) is 1.44. The van der Waals surface area contributed by atoms with Gasteiger partial charge in [-0.25, -0.2) is 4.79 Å². The average molecular weight is 304 g/mol. The summed E-state index contributed by atoms with van der Waals surface area (Å²) < 4.78 is 0. The number of fused-ring (bicyclic) bond motifs is 1. The molecule has 1 heterocycles. The Bertz CT molecular complexity index is 602. The fraction of sp³-hybridized carbons (Fsp3) is 0.400. The van der Waals surface area contributed by atoms with Crippen molar-refractivity contribution in [1.29, 1.82) is 0 Å². The lowest BCUT2D eigenvalue weighted by molar-refractivity contribution is -0.119. The van der Waals surface area contributed by atoms with E-state index in [0.717, 1.165) is 11.3 Å². The van der Waals surface area contributed by atoms with Crippen molar-refractivity contribution in [2.45, 2.75) is 25.3 Å². The van der Waals surface area contributed by atoms with Crippen LogP contribution in [0.25, 0.3) is 0 Å². The topological polar surface area (TPSA) is 105 Å². The van der Waals surface area contributed by atoms with Gasteiger partial charge < -0.3 is 16.0 Å². The molecule has 0 saturated carbocycles. The zero-order chi connectivity index (χ0) is 16.3. The molecule has 2 atom stereocenters. The number of carbonyl (C=O) groups is 3. The minimum atomic E-state index is -0.544. The van der Waals surface area contributed by atoms with Crippen molar-refractivity contribution in [2.75, 3.05) is 18.5 Å². The fourth-order valence-corrected chi connectivity index (χ4v) is 2.77. The van der Waals surface area contributed by atoms with E-state index in [1.807, 2.05) is 36.1 Å². The molecule has 0 fully saturated rings. The number of anilines is 1. The van der Waals surface area contributed by atoms with Crippen molar-refractivity contribution in [3.05, 3.63) is 29.8 Å². The third kappa shape index (κ3) is 3.19. The van der Waals surface area contributed by atoms with Crippen molar-refractivity contribution in [1.82, 2.24) is 10.6 Å². The van der Waals surface area contributed by atoms with Gasteiger partial charge in [-0.15, -0.1) is 0 Å². The number of urea groups is 1. The fourth-order valence-electron chi connectivity index (χ4n) is 2.77. The number of nitrogens with zero attached hydrogens (tertiary/aromatic N) is 1. The first kappa shape index (κ1) is 15.8. The van der Waals surface area contributed by atoms with Crippen LogP contribution < -0.4 is 21.3 Å². The van der Waals surface area contributed by atoms with Crippen LogP contribution in [-0.2, 0) is 9.59 Å². The zero-order valence-corrected chi connectivity index (χ0v) is 12.6. The molecule has 1 aromatic carbocycles. The van der Waals surface area contributed by atoms with E-state index in [1.54, 1.807) is 0 Å². The summed E-state index contributed by atoms with van der Waals surface area (Å²) in [5.74, 6) is -1.13. The Balaban J connectivity index is 2.24. The molecule has 0 aromatic heterocycles. The molecule has 4 amide bonds. The Morgan fingerprint density at radius 2 is 2.00 bits per heavy atom. The number of imide groups is 1. The van der Waals surface area contributed by atoms with Crippen molar-refractivity contribution in [3.8, 4) is 0 Å². The van der Waals surface area contributed by atoms with Crippen LogP contribution in [0.1, 0.15) is 24.8 Å². The van der Waals surface area contributed by atoms with Crippen molar-refractivity contribution < 1.29 is 14.4 Å². The molecule has 4 N–H and O–H groups in total. The number of benzene rings is 1. The summed E-state index contributed by atoms with van der Waals surface area (Å²) in [4.78, 5) is 36.7. The summed E-state index contributed by atoms with van der Waals surface area (Å²) >= 11 is 0. The maximum absolute atomic E-state index is 11.9. The second-order valence-corrected chi connectivity index (χ2v) is 5.35. The van der Waals surface area contributed by atoms with E-state index in [1.165, 1.54) is 7.05 Å². The number of carbonyl (C=O) groups excluding carboxylic acids is 3. The standard InChI is InChI=1S/C15H20N4O3/c1-9-7-11(14(16)21)10-5-3-4-6-12(10)19(9)8-13(20)18-15(22)17-2/h3-6,9,11H,7-8H2,1-2H3,(H2,16,21)(H2,17,18,20,22). The smallest absolute Gasteiger partial charge is 0.321 e.